The van der Waals surface area contributed by atoms with E-state index < -0.39 is 0 Å². The molecule has 0 radical (unpaired) electrons. The summed E-state index contributed by atoms with van der Waals surface area (Å²) in [6, 6.07) is 8.84. The zero-order valence-electron chi connectivity index (χ0n) is 12.2. The van der Waals surface area contributed by atoms with Gasteiger partial charge in [0.2, 0.25) is 0 Å². The number of carbonyl (C=O) groups is 1. The molecule has 2 aromatic rings. The first-order chi connectivity index (χ1) is 11.1. The molecule has 1 unspecified atom stereocenters. The van der Waals surface area contributed by atoms with Crippen LogP contribution in [-0.4, -0.2) is 23.6 Å². The summed E-state index contributed by atoms with van der Waals surface area (Å²) < 4.78 is 5.34. The highest BCUT2D eigenvalue weighted by Gasteiger charge is 2.23. The molecule has 0 spiro atoms. The average molecular weight is 352 g/mol. The highest BCUT2D eigenvalue weighted by molar-refractivity contribution is 6.43. The number of hydrogen-bond donors (Lipinski definition) is 2. The molecule has 23 heavy (non-hydrogen) atoms. The van der Waals surface area contributed by atoms with Gasteiger partial charge in [-0.05, 0) is 37.1 Å². The Morgan fingerprint density at radius 2 is 2.13 bits per heavy atom. The zero-order valence-corrected chi connectivity index (χ0v) is 13.7. The molecule has 5 nitrogen and oxygen atoms in total. The first-order valence-corrected chi connectivity index (χ1v) is 7.98. The summed E-state index contributed by atoms with van der Waals surface area (Å²) in [7, 11) is 0. The molecule has 120 valence electrons. The Hall–Kier alpha value is -1.82. The van der Waals surface area contributed by atoms with E-state index in [1.807, 2.05) is 6.07 Å². The van der Waals surface area contributed by atoms with Gasteiger partial charge in [0, 0.05) is 6.61 Å². The molecule has 1 aromatic heterocycles. The quantitative estimate of drug-likeness (QED) is 0.864. The normalized spacial score (nSPS) is 17.0. The van der Waals surface area contributed by atoms with E-state index in [0.29, 0.717) is 33.8 Å². The number of amides is 1. The van der Waals surface area contributed by atoms with E-state index in [-0.39, 0.29) is 12.0 Å². The minimum absolute atomic E-state index is 0.136. The minimum Gasteiger partial charge on any atom is -0.368 e. The maximum absolute atomic E-state index is 12.0. The summed E-state index contributed by atoms with van der Waals surface area (Å²) in [6.45, 7) is 0.638. The van der Waals surface area contributed by atoms with Crippen LogP contribution >= 0.6 is 23.2 Å². The summed E-state index contributed by atoms with van der Waals surface area (Å²) in [5, 5.41) is 6.78. The Kier molecular flexibility index (Phi) is 5.00. The number of nitrogens with one attached hydrogen (secondary N) is 2. The molecule has 0 saturated carbocycles. The van der Waals surface area contributed by atoms with Crippen molar-refractivity contribution in [3.63, 3.8) is 0 Å². The predicted octanol–water partition coefficient (Wildman–Crippen LogP) is 4.25. The van der Waals surface area contributed by atoms with Crippen LogP contribution in [0.2, 0.25) is 10.0 Å². The summed E-state index contributed by atoms with van der Waals surface area (Å²) in [5.74, 6) is 0.465. The van der Waals surface area contributed by atoms with Crippen molar-refractivity contribution in [2.75, 3.05) is 17.2 Å². The van der Waals surface area contributed by atoms with Gasteiger partial charge in [0.25, 0.3) is 5.91 Å². The fourth-order valence-electron chi connectivity index (χ4n) is 2.29. The molecule has 1 saturated heterocycles. The van der Waals surface area contributed by atoms with Crippen LogP contribution < -0.4 is 10.6 Å². The molecule has 3 rings (SSSR count). The molecule has 7 heteroatoms. The Morgan fingerprint density at radius 3 is 2.83 bits per heavy atom. The molecular weight excluding hydrogens is 337 g/mol. The lowest BCUT2D eigenvalue weighted by Gasteiger charge is -2.11. The predicted molar refractivity (Wildman–Crippen MR) is 91.6 cm³/mol. The topological polar surface area (TPSA) is 63.2 Å². The van der Waals surface area contributed by atoms with Crippen LogP contribution in [0.25, 0.3) is 0 Å². The van der Waals surface area contributed by atoms with Crippen LogP contribution in [0.3, 0.4) is 0 Å². The van der Waals surface area contributed by atoms with E-state index in [0.717, 1.165) is 12.8 Å². The van der Waals surface area contributed by atoms with Gasteiger partial charge in [-0.1, -0.05) is 29.3 Å². The molecule has 1 fully saturated rings. The Morgan fingerprint density at radius 1 is 1.26 bits per heavy atom. The van der Waals surface area contributed by atoms with Gasteiger partial charge >= 0.3 is 0 Å². The standard InChI is InChI=1S/C16H15Cl2N3O2/c17-11-3-1-4-12(15(11)18)21-14-7-6-10(9-19-14)20-16(22)13-5-2-8-23-13/h1,3-4,6-7,9,13H,2,5,8H2,(H,19,21)(H,20,22). The lowest BCUT2D eigenvalue weighted by atomic mass is 10.2. The molecule has 1 aromatic carbocycles. The number of hydrogen-bond acceptors (Lipinski definition) is 4. The second-order valence-corrected chi connectivity index (χ2v) is 5.93. The first kappa shape index (κ1) is 16.1. The van der Waals surface area contributed by atoms with Gasteiger partial charge in [-0.15, -0.1) is 0 Å². The van der Waals surface area contributed by atoms with Gasteiger partial charge in [-0.3, -0.25) is 4.79 Å². The van der Waals surface area contributed by atoms with Crippen LogP contribution in [0.15, 0.2) is 36.5 Å². The van der Waals surface area contributed by atoms with Crippen LogP contribution in [0, 0.1) is 0 Å². The smallest absolute Gasteiger partial charge is 0.253 e. The third-order valence-electron chi connectivity index (χ3n) is 3.47. The summed E-state index contributed by atoms with van der Waals surface area (Å²) in [6.07, 6.45) is 2.89. The number of aromatic nitrogens is 1. The van der Waals surface area contributed by atoms with E-state index >= 15 is 0 Å². The van der Waals surface area contributed by atoms with Gasteiger partial charge in [0.1, 0.15) is 11.9 Å². The number of pyridine rings is 1. The van der Waals surface area contributed by atoms with E-state index in [9.17, 15) is 4.79 Å². The van der Waals surface area contributed by atoms with Crippen molar-refractivity contribution in [3.8, 4) is 0 Å². The van der Waals surface area contributed by atoms with Crippen LogP contribution in [0.1, 0.15) is 12.8 Å². The van der Waals surface area contributed by atoms with Gasteiger partial charge in [0.15, 0.2) is 0 Å². The number of benzene rings is 1. The summed E-state index contributed by atoms with van der Waals surface area (Å²) >= 11 is 12.1. The van der Waals surface area contributed by atoms with E-state index in [4.69, 9.17) is 27.9 Å². The maximum Gasteiger partial charge on any atom is 0.253 e. The van der Waals surface area contributed by atoms with E-state index in [1.54, 1.807) is 30.5 Å². The fourth-order valence-corrected chi connectivity index (χ4v) is 2.64. The van der Waals surface area contributed by atoms with Gasteiger partial charge in [-0.2, -0.15) is 0 Å². The highest BCUT2D eigenvalue weighted by Crippen LogP contribution is 2.31. The maximum atomic E-state index is 12.0. The number of carbonyl (C=O) groups excluding carboxylic acids is 1. The second kappa shape index (κ2) is 7.17. The van der Waals surface area contributed by atoms with Crippen molar-refractivity contribution in [2.24, 2.45) is 0 Å². The Bertz CT molecular complexity index is 701. The van der Waals surface area contributed by atoms with Crippen LogP contribution in [0.5, 0.6) is 0 Å². The zero-order chi connectivity index (χ0) is 16.2. The number of ether oxygens (including phenoxy) is 1. The molecule has 1 amide bonds. The Balaban J connectivity index is 1.65. The van der Waals surface area contributed by atoms with E-state index in [2.05, 4.69) is 15.6 Å². The van der Waals surface area contributed by atoms with Crippen molar-refractivity contribution < 1.29 is 9.53 Å². The molecular formula is C16H15Cl2N3O2. The Labute approximate surface area is 144 Å². The van der Waals surface area contributed by atoms with Crippen molar-refractivity contribution in [3.05, 3.63) is 46.6 Å². The molecule has 0 aliphatic carbocycles. The molecule has 1 aliphatic heterocycles. The summed E-state index contributed by atoms with van der Waals surface area (Å²) in [5.41, 5.74) is 1.29. The number of rotatable bonds is 4. The molecule has 1 aliphatic rings. The molecule has 2 heterocycles. The molecule has 2 N–H and O–H groups in total. The van der Waals surface area contributed by atoms with Crippen molar-refractivity contribution in [2.45, 2.75) is 18.9 Å². The lowest BCUT2D eigenvalue weighted by Crippen LogP contribution is -2.26. The van der Waals surface area contributed by atoms with Gasteiger partial charge < -0.3 is 15.4 Å². The number of nitrogens with zero attached hydrogens (tertiary/aromatic N) is 1. The fraction of sp³-hybridized carbons (Fsp3) is 0.250. The largest absolute Gasteiger partial charge is 0.368 e. The minimum atomic E-state index is -0.363. The lowest BCUT2D eigenvalue weighted by molar-refractivity contribution is -0.124. The monoisotopic (exact) mass is 351 g/mol. The molecule has 1 atom stereocenters. The van der Waals surface area contributed by atoms with Gasteiger partial charge in [-0.25, -0.2) is 4.98 Å². The van der Waals surface area contributed by atoms with Crippen molar-refractivity contribution in [1.29, 1.82) is 0 Å². The average Bonchev–Trinajstić information content (AvgIpc) is 3.08. The van der Waals surface area contributed by atoms with Gasteiger partial charge in [0.05, 0.1) is 27.6 Å². The molecule has 0 bridgehead atoms. The summed E-state index contributed by atoms with van der Waals surface area (Å²) in [4.78, 5) is 16.2. The SMILES string of the molecule is O=C(Nc1ccc(Nc2cccc(Cl)c2Cl)nc1)C1CCCO1. The van der Waals surface area contributed by atoms with E-state index in [1.165, 1.54) is 0 Å². The second-order valence-electron chi connectivity index (χ2n) is 5.15. The third-order valence-corrected chi connectivity index (χ3v) is 4.29. The number of halogens is 2. The number of anilines is 3. The van der Waals surface area contributed by atoms with Crippen molar-refractivity contribution >= 4 is 46.3 Å². The first-order valence-electron chi connectivity index (χ1n) is 7.23. The van der Waals surface area contributed by atoms with Crippen LogP contribution in [0.4, 0.5) is 17.2 Å². The highest BCUT2D eigenvalue weighted by atomic mass is 35.5. The third kappa shape index (κ3) is 3.93. The van der Waals surface area contributed by atoms with Crippen molar-refractivity contribution in [1.82, 2.24) is 4.98 Å². The van der Waals surface area contributed by atoms with Crippen LogP contribution in [-0.2, 0) is 9.53 Å².